The zero-order valence-electron chi connectivity index (χ0n) is 14.4. The molecule has 0 radical (unpaired) electrons. The van der Waals surface area contributed by atoms with Gasteiger partial charge in [0, 0.05) is 12.6 Å². The van der Waals surface area contributed by atoms with Crippen molar-refractivity contribution >= 4 is 0 Å². The lowest BCUT2D eigenvalue weighted by atomic mass is 10.0. The van der Waals surface area contributed by atoms with Crippen LogP contribution in [0.1, 0.15) is 80.1 Å². The Morgan fingerprint density at radius 1 is 1.21 bits per heavy atom. The smallest absolute Gasteiger partial charge is 0.0586 e. The lowest BCUT2D eigenvalue weighted by Gasteiger charge is -2.25. The Labute approximate surface area is 122 Å². The maximum Gasteiger partial charge on any atom is 0.0586 e. The van der Waals surface area contributed by atoms with E-state index in [-0.39, 0.29) is 0 Å². The highest BCUT2D eigenvalue weighted by molar-refractivity contribution is 4.79. The van der Waals surface area contributed by atoms with E-state index in [0.29, 0.717) is 12.6 Å². The number of rotatable bonds is 6. The van der Waals surface area contributed by atoms with Gasteiger partial charge in [-0.3, -0.25) is 4.90 Å². The van der Waals surface area contributed by atoms with E-state index >= 15 is 0 Å². The van der Waals surface area contributed by atoms with Gasteiger partial charge in [-0.05, 0) is 31.7 Å². The summed E-state index contributed by atoms with van der Waals surface area (Å²) in [7, 11) is 0. The van der Waals surface area contributed by atoms with E-state index in [4.69, 9.17) is 0 Å². The molecule has 1 saturated heterocycles. The first-order chi connectivity index (χ1) is 9.19. The van der Waals surface area contributed by atoms with Gasteiger partial charge in [-0.25, -0.2) is 0 Å². The minimum Gasteiger partial charge on any atom is -0.395 e. The van der Waals surface area contributed by atoms with Gasteiger partial charge in [-0.2, -0.15) is 0 Å². The summed E-state index contributed by atoms with van der Waals surface area (Å²) in [5.74, 6) is 0.794. The van der Waals surface area contributed by atoms with Crippen molar-refractivity contribution in [3.63, 3.8) is 0 Å². The van der Waals surface area contributed by atoms with Crippen LogP contribution >= 0.6 is 0 Å². The van der Waals surface area contributed by atoms with E-state index < -0.39 is 0 Å². The molecular formula is C17H39NO. The summed E-state index contributed by atoms with van der Waals surface area (Å²) in [6.45, 7) is 15.6. The third-order valence-electron chi connectivity index (χ3n) is 3.31. The highest BCUT2D eigenvalue weighted by atomic mass is 16.3. The Hall–Kier alpha value is -0.0800. The van der Waals surface area contributed by atoms with E-state index in [9.17, 15) is 5.11 Å². The van der Waals surface area contributed by atoms with Crippen LogP contribution in [0.5, 0.6) is 0 Å². The Balaban J connectivity index is 0. The molecule has 0 aromatic carbocycles. The highest BCUT2D eigenvalue weighted by Crippen LogP contribution is 2.19. The molecule has 1 heterocycles. The van der Waals surface area contributed by atoms with Gasteiger partial charge in [-0.15, -0.1) is 0 Å². The standard InChI is InChI=1S/C12H25NO.C3H8.C2H6/c1-3-4-6-11(2)9-13-8-5-7-12(13)10-14;1-3-2;1-2/h11-12,14H,3-10H2,1-2H3;3H2,1-2H3;1-2H3. The quantitative estimate of drug-likeness (QED) is 0.757. The molecule has 1 fully saturated rings. The summed E-state index contributed by atoms with van der Waals surface area (Å²) in [4.78, 5) is 2.47. The zero-order valence-corrected chi connectivity index (χ0v) is 14.4. The predicted octanol–water partition coefficient (Wildman–Crippen LogP) is 4.71. The largest absolute Gasteiger partial charge is 0.395 e. The second-order valence-corrected chi connectivity index (χ2v) is 5.43. The van der Waals surface area contributed by atoms with Crippen molar-refractivity contribution in [3.05, 3.63) is 0 Å². The normalized spacial score (nSPS) is 20.1. The van der Waals surface area contributed by atoms with Crippen molar-refractivity contribution in [3.8, 4) is 0 Å². The minimum atomic E-state index is 0.348. The molecule has 2 atom stereocenters. The molecule has 0 aromatic heterocycles. The van der Waals surface area contributed by atoms with Crippen LogP contribution in [0.4, 0.5) is 0 Å². The van der Waals surface area contributed by atoms with Gasteiger partial charge in [0.15, 0.2) is 0 Å². The molecule has 0 aliphatic carbocycles. The fourth-order valence-corrected chi connectivity index (χ4v) is 2.39. The number of unbranched alkanes of at least 4 members (excludes halogenated alkanes) is 1. The van der Waals surface area contributed by atoms with E-state index in [1.54, 1.807) is 0 Å². The van der Waals surface area contributed by atoms with Crippen LogP contribution in [0, 0.1) is 5.92 Å². The summed E-state index contributed by atoms with van der Waals surface area (Å²) in [6.07, 6.45) is 7.69. The van der Waals surface area contributed by atoms with Crippen molar-refractivity contribution in [2.75, 3.05) is 19.7 Å². The molecule has 118 valence electrons. The molecule has 0 saturated carbocycles. The van der Waals surface area contributed by atoms with Crippen LogP contribution in [-0.2, 0) is 0 Å². The van der Waals surface area contributed by atoms with Gasteiger partial charge >= 0.3 is 0 Å². The molecule has 2 heteroatoms. The number of nitrogens with zero attached hydrogens (tertiary/aromatic N) is 1. The molecule has 0 bridgehead atoms. The average molecular weight is 274 g/mol. The van der Waals surface area contributed by atoms with Crippen molar-refractivity contribution in [2.45, 2.75) is 86.1 Å². The molecule has 1 rings (SSSR count). The Kier molecular flexibility index (Phi) is 17.8. The SMILES string of the molecule is CC.CCC.CCCCC(C)CN1CCCC1CO. The average Bonchev–Trinajstić information content (AvgIpc) is 2.87. The van der Waals surface area contributed by atoms with Crippen LogP contribution in [0.25, 0.3) is 0 Å². The number of aliphatic hydroxyl groups is 1. The van der Waals surface area contributed by atoms with E-state index in [1.165, 1.54) is 51.6 Å². The molecule has 1 N–H and O–H groups in total. The molecular weight excluding hydrogens is 234 g/mol. The maximum atomic E-state index is 9.18. The summed E-state index contributed by atoms with van der Waals surface area (Å²) in [5, 5.41) is 9.18. The van der Waals surface area contributed by atoms with Gasteiger partial charge in [0.2, 0.25) is 0 Å². The maximum absolute atomic E-state index is 9.18. The monoisotopic (exact) mass is 273 g/mol. The van der Waals surface area contributed by atoms with E-state index in [1.807, 2.05) is 13.8 Å². The van der Waals surface area contributed by atoms with Crippen LogP contribution in [-0.4, -0.2) is 35.7 Å². The van der Waals surface area contributed by atoms with Gasteiger partial charge < -0.3 is 5.11 Å². The molecule has 2 unspecified atom stereocenters. The predicted molar refractivity (Wildman–Crippen MR) is 87.7 cm³/mol. The lowest BCUT2D eigenvalue weighted by molar-refractivity contribution is 0.142. The molecule has 19 heavy (non-hydrogen) atoms. The Bertz CT molecular complexity index is 161. The highest BCUT2D eigenvalue weighted by Gasteiger charge is 2.24. The molecule has 1 aliphatic rings. The van der Waals surface area contributed by atoms with E-state index in [0.717, 1.165) is 5.92 Å². The van der Waals surface area contributed by atoms with Crippen LogP contribution in [0.3, 0.4) is 0 Å². The zero-order chi connectivity index (χ0) is 15.1. The molecule has 0 amide bonds. The van der Waals surface area contributed by atoms with Crippen molar-refractivity contribution < 1.29 is 5.11 Å². The minimum absolute atomic E-state index is 0.348. The second-order valence-electron chi connectivity index (χ2n) is 5.43. The second kappa shape index (κ2) is 16.0. The molecule has 0 aromatic rings. The van der Waals surface area contributed by atoms with Gasteiger partial charge in [-0.1, -0.05) is 60.8 Å². The van der Waals surface area contributed by atoms with Gasteiger partial charge in [0.05, 0.1) is 6.61 Å². The third kappa shape index (κ3) is 11.4. The summed E-state index contributed by atoms with van der Waals surface area (Å²) in [5.41, 5.74) is 0. The lowest BCUT2D eigenvalue weighted by Crippen LogP contribution is -2.35. The fourth-order valence-electron chi connectivity index (χ4n) is 2.39. The Morgan fingerprint density at radius 3 is 2.26 bits per heavy atom. The number of likely N-dealkylation sites (tertiary alicyclic amines) is 1. The van der Waals surface area contributed by atoms with Gasteiger partial charge in [0.25, 0.3) is 0 Å². The molecule has 0 spiro atoms. The van der Waals surface area contributed by atoms with Crippen molar-refractivity contribution in [1.82, 2.24) is 4.90 Å². The van der Waals surface area contributed by atoms with Crippen LogP contribution in [0.15, 0.2) is 0 Å². The summed E-state index contributed by atoms with van der Waals surface area (Å²) in [6, 6.07) is 0.457. The molecule has 1 aliphatic heterocycles. The Morgan fingerprint density at radius 2 is 1.79 bits per heavy atom. The van der Waals surface area contributed by atoms with Crippen LogP contribution in [0.2, 0.25) is 0 Å². The fraction of sp³-hybridized carbons (Fsp3) is 1.00. The van der Waals surface area contributed by atoms with Crippen molar-refractivity contribution in [2.24, 2.45) is 5.92 Å². The van der Waals surface area contributed by atoms with Gasteiger partial charge in [0.1, 0.15) is 0 Å². The summed E-state index contributed by atoms with van der Waals surface area (Å²) >= 11 is 0. The summed E-state index contributed by atoms with van der Waals surface area (Å²) < 4.78 is 0. The first-order valence-corrected chi connectivity index (χ1v) is 8.54. The third-order valence-corrected chi connectivity index (χ3v) is 3.31. The first-order valence-electron chi connectivity index (χ1n) is 8.54. The molecule has 2 nitrogen and oxygen atoms in total. The number of hydrogen-bond acceptors (Lipinski definition) is 2. The first kappa shape index (κ1) is 21.2. The topological polar surface area (TPSA) is 23.5 Å². The van der Waals surface area contributed by atoms with Crippen LogP contribution < -0.4 is 0 Å². The number of hydrogen-bond donors (Lipinski definition) is 1. The van der Waals surface area contributed by atoms with Crippen molar-refractivity contribution in [1.29, 1.82) is 0 Å². The van der Waals surface area contributed by atoms with E-state index in [2.05, 4.69) is 32.6 Å². The number of aliphatic hydroxyl groups excluding tert-OH is 1.